The van der Waals surface area contributed by atoms with Crippen LogP contribution in [0, 0.1) is 0 Å². The van der Waals surface area contributed by atoms with E-state index in [2.05, 4.69) is 27.4 Å². The van der Waals surface area contributed by atoms with Crippen LogP contribution in [0.3, 0.4) is 0 Å². The van der Waals surface area contributed by atoms with E-state index in [0.717, 1.165) is 49.0 Å². The number of amides is 1. The maximum Gasteiger partial charge on any atom is 0.222 e. The Morgan fingerprint density at radius 3 is 2.64 bits per heavy atom. The van der Waals surface area contributed by atoms with E-state index in [9.17, 15) is 9.59 Å². The Bertz CT molecular complexity index is 742. The minimum Gasteiger partial charge on any atom is -0.381 e. The van der Waals surface area contributed by atoms with Crippen LogP contribution in [0.15, 0.2) is 12.3 Å². The number of fused-ring (bicyclic) bond motifs is 3. The molecule has 4 rings (SSSR count). The quantitative estimate of drug-likeness (QED) is 0.856. The van der Waals surface area contributed by atoms with Crippen molar-refractivity contribution in [2.75, 3.05) is 5.32 Å². The van der Waals surface area contributed by atoms with Gasteiger partial charge < -0.3 is 10.2 Å². The first-order chi connectivity index (χ1) is 12.1. The molecule has 1 N–H and O–H groups in total. The number of ketones is 1. The van der Waals surface area contributed by atoms with Gasteiger partial charge in [0.1, 0.15) is 0 Å². The molecule has 0 unspecified atom stereocenters. The maximum absolute atomic E-state index is 12.2. The molecule has 5 heteroatoms. The van der Waals surface area contributed by atoms with Crippen molar-refractivity contribution >= 4 is 23.5 Å². The summed E-state index contributed by atoms with van der Waals surface area (Å²) < 4.78 is 0. The van der Waals surface area contributed by atoms with Crippen molar-refractivity contribution in [1.29, 1.82) is 0 Å². The summed E-state index contributed by atoms with van der Waals surface area (Å²) in [5.74, 6) is 0.322. The summed E-state index contributed by atoms with van der Waals surface area (Å²) >= 11 is 0. The molecular formula is C20H25N3O2. The number of hydrogen-bond donors (Lipinski definition) is 1. The predicted molar refractivity (Wildman–Crippen MR) is 97.6 cm³/mol. The molecule has 2 atom stereocenters. The minimum absolute atomic E-state index is 0.0414. The fraction of sp³-hybridized carbons (Fsp3) is 0.550. The number of nitrogens with one attached hydrogen (secondary N) is 1. The first-order valence-electron chi connectivity index (χ1n) is 9.35. The van der Waals surface area contributed by atoms with Crippen LogP contribution in [0.4, 0.5) is 5.69 Å². The van der Waals surface area contributed by atoms with Gasteiger partial charge >= 0.3 is 0 Å². The Morgan fingerprint density at radius 2 is 2.00 bits per heavy atom. The first-order valence-corrected chi connectivity index (χ1v) is 9.35. The van der Waals surface area contributed by atoms with Crippen molar-refractivity contribution in [2.45, 2.75) is 70.5 Å². The van der Waals surface area contributed by atoms with Crippen molar-refractivity contribution < 1.29 is 9.59 Å². The second-order valence-electron chi connectivity index (χ2n) is 7.42. The number of carbonyl (C=O) groups excluding carboxylic acids is 2. The fourth-order valence-corrected chi connectivity index (χ4v) is 4.71. The number of carbonyl (C=O) groups is 2. The van der Waals surface area contributed by atoms with E-state index in [1.807, 2.05) is 6.92 Å². The predicted octanol–water partition coefficient (Wildman–Crippen LogP) is 3.20. The third kappa shape index (κ3) is 2.75. The molecule has 3 aliphatic rings. The van der Waals surface area contributed by atoms with Crippen molar-refractivity contribution in [3.05, 3.63) is 29.1 Å². The summed E-state index contributed by atoms with van der Waals surface area (Å²) in [7, 11) is 0. The molecule has 1 aromatic heterocycles. The molecule has 0 aromatic carbocycles. The lowest BCUT2D eigenvalue weighted by molar-refractivity contribution is -0.135. The van der Waals surface area contributed by atoms with Gasteiger partial charge in [-0.25, -0.2) is 0 Å². The van der Waals surface area contributed by atoms with Gasteiger partial charge in [-0.3, -0.25) is 14.6 Å². The lowest BCUT2D eigenvalue weighted by atomic mass is 9.95. The van der Waals surface area contributed by atoms with E-state index in [0.29, 0.717) is 30.1 Å². The topological polar surface area (TPSA) is 62.3 Å². The molecule has 1 aromatic rings. The second-order valence-corrected chi connectivity index (χ2v) is 7.42. The van der Waals surface area contributed by atoms with Crippen LogP contribution in [0.2, 0.25) is 0 Å². The SMILES string of the molecule is CCC(=O)N1[C@H]2CC[C@H]1CC(Nc1c(C(C)=O)cnc3c1C=CC3)C2. The molecule has 0 radical (unpaired) electrons. The standard InChI is InChI=1S/C20H25N3O2/c1-3-19(25)23-14-7-8-15(23)10-13(9-14)22-20-16-5-4-6-18(16)21-11-17(20)12(2)24/h4-5,11,13-15H,3,6-10H2,1-2H3,(H,21,22)/t14-,15-/m0/s1. The molecule has 1 amide bonds. The maximum atomic E-state index is 12.2. The van der Waals surface area contributed by atoms with Gasteiger partial charge in [-0.1, -0.05) is 19.1 Å². The average Bonchev–Trinajstić information content (AvgIpc) is 3.17. The smallest absolute Gasteiger partial charge is 0.222 e. The van der Waals surface area contributed by atoms with Gasteiger partial charge in [0.2, 0.25) is 5.91 Å². The number of anilines is 1. The summed E-state index contributed by atoms with van der Waals surface area (Å²) in [5, 5.41) is 3.66. The zero-order chi connectivity index (χ0) is 17.6. The van der Waals surface area contributed by atoms with Gasteiger partial charge in [-0.15, -0.1) is 0 Å². The van der Waals surface area contributed by atoms with Gasteiger partial charge in [0.05, 0.1) is 16.9 Å². The van der Waals surface area contributed by atoms with Gasteiger partial charge in [0, 0.05) is 42.7 Å². The number of rotatable bonds is 4. The van der Waals surface area contributed by atoms with Crippen LogP contribution in [-0.4, -0.2) is 39.7 Å². The Labute approximate surface area is 148 Å². The molecule has 25 heavy (non-hydrogen) atoms. The minimum atomic E-state index is 0.0414. The Kier molecular flexibility index (Phi) is 4.10. The van der Waals surface area contributed by atoms with Crippen molar-refractivity contribution in [3.8, 4) is 0 Å². The highest BCUT2D eigenvalue weighted by Gasteiger charge is 2.42. The zero-order valence-corrected chi connectivity index (χ0v) is 14.9. The van der Waals surface area contributed by atoms with E-state index in [1.165, 1.54) is 0 Å². The monoisotopic (exact) mass is 339 g/mol. The van der Waals surface area contributed by atoms with E-state index >= 15 is 0 Å². The number of pyridine rings is 1. The van der Waals surface area contributed by atoms with Crippen LogP contribution in [0.5, 0.6) is 0 Å². The van der Waals surface area contributed by atoms with E-state index in [-0.39, 0.29) is 11.7 Å². The molecule has 2 saturated heterocycles. The number of Topliss-reactive ketones (excluding diaryl/α,β-unsaturated/α-hetero) is 1. The highest BCUT2D eigenvalue weighted by molar-refractivity contribution is 6.01. The van der Waals surface area contributed by atoms with Gasteiger partial charge in [-0.05, 0) is 32.6 Å². The molecule has 5 nitrogen and oxygen atoms in total. The Balaban J connectivity index is 1.59. The van der Waals surface area contributed by atoms with Crippen LogP contribution in [0.1, 0.15) is 67.6 Å². The Hall–Kier alpha value is -2.17. The van der Waals surface area contributed by atoms with Crippen LogP contribution in [0.25, 0.3) is 6.08 Å². The zero-order valence-electron chi connectivity index (χ0n) is 14.9. The van der Waals surface area contributed by atoms with Gasteiger partial charge in [0.15, 0.2) is 5.78 Å². The average molecular weight is 339 g/mol. The van der Waals surface area contributed by atoms with E-state index < -0.39 is 0 Å². The molecule has 0 spiro atoms. The third-order valence-corrected chi connectivity index (χ3v) is 5.85. The Morgan fingerprint density at radius 1 is 1.28 bits per heavy atom. The van der Waals surface area contributed by atoms with E-state index in [1.54, 1.807) is 13.1 Å². The third-order valence-electron chi connectivity index (χ3n) is 5.85. The lowest BCUT2D eigenvalue weighted by Gasteiger charge is -2.40. The molecule has 2 bridgehead atoms. The fourth-order valence-electron chi connectivity index (χ4n) is 4.71. The highest BCUT2D eigenvalue weighted by Crippen LogP contribution is 2.39. The summed E-state index contributed by atoms with van der Waals surface area (Å²) in [6.45, 7) is 3.54. The molecule has 3 heterocycles. The van der Waals surface area contributed by atoms with Crippen molar-refractivity contribution in [3.63, 3.8) is 0 Å². The number of piperidine rings is 1. The van der Waals surface area contributed by atoms with Gasteiger partial charge in [-0.2, -0.15) is 0 Å². The van der Waals surface area contributed by atoms with Gasteiger partial charge in [0.25, 0.3) is 0 Å². The number of hydrogen-bond acceptors (Lipinski definition) is 4. The number of allylic oxidation sites excluding steroid dienone is 1. The summed E-state index contributed by atoms with van der Waals surface area (Å²) in [6, 6.07) is 0.988. The molecule has 1 aliphatic carbocycles. The normalized spacial score (nSPS) is 26.6. The van der Waals surface area contributed by atoms with Crippen LogP contribution < -0.4 is 5.32 Å². The molecule has 2 aliphatic heterocycles. The number of nitrogens with zero attached hydrogens (tertiary/aromatic N) is 2. The lowest BCUT2D eigenvalue weighted by Crippen LogP contribution is -2.49. The van der Waals surface area contributed by atoms with E-state index in [4.69, 9.17) is 0 Å². The van der Waals surface area contributed by atoms with Crippen molar-refractivity contribution in [2.24, 2.45) is 0 Å². The summed E-state index contributed by atoms with van der Waals surface area (Å²) in [4.78, 5) is 30.9. The molecule has 132 valence electrons. The van der Waals surface area contributed by atoms with Crippen molar-refractivity contribution in [1.82, 2.24) is 9.88 Å². The van der Waals surface area contributed by atoms with Crippen LogP contribution >= 0.6 is 0 Å². The summed E-state index contributed by atoms with van der Waals surface area (Å²) in [6.07, 6.45) is 11.4. The van der Waals surface area contributed by atoms with Crippen LogP contribution in [-0.2, 0) is 11.2 Å². The highest BCUT2D eigenvalue weighted by atomic mass is 16.2. The largest absolute Gasteiger partial charge is 0.381 e. The molecule has 0 saturated carbocycles. The second kappa shape index (κ2) is 6.28. The summed E-state index contributed by atoms with van der Waals surface area (Å²) in [5.41, 5.74) is 3.71. The molecule has 2 fully saturated rings. The number of aromatic nitrogens is 1. The first kappa shape index (κ1) is 16.3. The molecular weight excluding hydrogens is 314 g/mol.